The van der Waals surface area contributed by atoms with Gasteiger partial charge in [0.1, 0.15) is 0 Å². The molecule has 0 unspecified atom stereocenters. The van der Waals surface area contributed by atoms with Gasteiger partial charge in [-0.1, -0.05) is 6.42 Å². The van der Waals surface area contributed by atoms with E-state index in [0.29, 0.717) is 6.54 Å². The Balaban J connectivity index is 2.65. The number of aromatic amines is 1. The van der Waals surface area contributed by atoms with E-state index >= 15 is 0 Å². The molecule has 0 atom stereocenters. The van der Waals surface area contributed by atoms with E-state index < -0.39 is 0 Å². The van der Waals surface area contributed by atoms with E-state index in [-0.39, 0.29) is 11.5 Å². The number of rotatable bonds is 5. The predicted molar refractivity (Wildman–Crippen MR) is 60.6 cm³/mol. The van der Waals surface area contributed by atoms with Crippen molar-refractivity contribution in [1.29, 1.82) is 0 Å². The summed E-state index contributed by atoms with van der Waals surface area (Å²) in [4.78, 5) is 18.1. The highest BCUT2D eigenvalue weighted by Gasteiger charge is 2.05. The number of nitrogens with zero attached hydrogens (tertiary/aromatic N) is 1. The third-order valence-corrected chi connectivity index (χ3v) is 2.37. The maximum Gasteiger partial charge on any atom is 0.255 e. The van der Waals surface area contributed by atoms with E-state index in [2.05, 4.69) is 9.97 Å². The number of aryl methyl sites for hydroxylation is 1. The zero-order chi connectivity index (χ0) is 11.3. The van der Waals surface area contributed by atoms with Crippen LogP contribution in [0.4, 0.5) is 5.95 Å². The smallest absolute Gasteiger partial charge is 0.255 e. The SMILES string of the molecule is Cc1nc(N)[nH]c(=O)c1CCCCCN. The molecule has 0 aliphatic rings. The highest BCUT2D eigenvalue weighted by Crippen LogP contribution is 2.05. The van der Waals surface area contributed by atoms with Gasteiger partial charge >= 0.3 is 0 Å². The first kappa shape index (κ1) is 11.7. The van der Waals surface area contributed by atoms with Gasteiger partial charge in [0.2, 0.25) is 5.95 Å². The largest absolute Gasteiger partial charge is 0.369 e. The second kappa shape index (κ2) is 5.50. The molecule has 0 bridgehead atoms. The Morgan fingerprint density at radius 1 is 1.33 bits per heavy atom. The molecule has 0 saturated heterocycles. The molecule has 1 rings (SSSR count). The maximum atomic E-state index is 11.5. The average molecular weight is 210 g/mol. The van der Waals surface area contributed by atoms with Crippen molar-refractivity contribution in [3.8, 4) is 0 Å². The predicted octanol–water partition coefficient (Wildman–Crippen LogP) is 0.332. The molecule has 0 aliphatic carbocycles. The molecule has 5 heteroatoms. The Bertz CT molecular complexity index is 372. The lowest BCUT2D eigenvalue weighted by Crippen LogP contribution is -2.18. The number of aromatic nitrogens is 2. The molecule has 15 heavy (non-hydrogen) atoms. The van der Waals surface area contributed by atoms with Crippen LogP contribution in [0.15, 0.2) is 4.79 Å². The molecule has 5 nitrogen and oxygen atoms in total. The number of unbranched alkanes of at least 4 members (excludes halogenated alkanes) is 2. The fraction of sp³-hybridized carbons (Fsp3) is 0.600. The fourth-order valence-electron chi connectivity index (χ4n) is 1.55. The molecule has 0 radical (unpaired) electrons. The summed E-state index contributed by atoms with van der Waals surface area (Å²) in [6, 6.07) is 0. The van der Waals surface area contributed by atoms with Gasteiger partial charge in [-0.3, -0.25) is 9.78 Å². The van der Waals surface area contributed by atoms with Gasteiger partial charge in [-0.2, -0.15) is 0 Å². The number of hydrogen-bond acceptors (Lipinski definition) is 4. The Hall–Kier alpha value is -1.36. The van der Waals surface area contributed by atoms with Crippen molar-refractivity contribution in [2.24, 2.45) is 5.73 Å². The molecule has 0 spiro atoms. The summed E-state index contributed by atoms with van der Waals surface area (Å²) >= 11 is 0. The lowest BCUT2D eigenvalue weighted by molar-refractivity contribution is 0.679. The minimum Gasteiger partial charge on any atom is -0.369 e. The molecular weight excluding hydrogens is 192 g/mol. The number of H-pyrrole nitrogens is 1. The van der Waals surface area contributed by atoms with Crippen LogP contribution in [-0.4, -0.2) is 16.5 Å². The number of nitrogens with two attached hydrogens (primary N) is 2. The first-order chi connectivity index (χ1) is 7.15. The summed E-state index contributed by atoms with van der Waals surface area (Å²) in [6.07, 6.45) is 3.75. The van der Waals surface area contributed by atoms with Crippen LogP contribution in [0.25, 0.3) is 0 Å². The van der Waals surface area contributed by atoms with Crippen molar-refractivity contribution in [3.05, 3.63) is 21.6 Å². The third-order valence-electron chi connectivity index (χ3n) is 2.37. The highest BCUT2D eigenvalue weighted by atomic mass is 16.1. The molecule has 0 aliphatic heterocycles. The van der Waals surface area contributed by atoms with Crippen LogP contribution in [0.1, 0.15) is 30.5 Å². The van der Waals surface area contributed by atoms with Gasteiger partial charge in [0, 0.05) is 11.3 Å². The molecular formula is C10H18N4O. The number of anilines is 1. The monoisotopic (exact) mass is 210 g/mol. The number of nitrogens with one attached hydrogen (secondary N) is 1. The van der Waals surface area contributed by atoms with Gasteiger partial charge in [0.05, 0.1) is 0 Å². The number of hydrogen-bond donors (Lipinski definition) is 3. The van der Waals surface area contributed by atoms with Crippen LogP contribution in [0.2, 0.25) is 0 Å². The zero-order valence-corrected chi connectivity index (χ0v) is 9.05. The average Bonchev–Trinajstić information content (AvgIpc) is 2.15. The summed E-state index contributed by atoms with van der Waals surface area (Å²) in [5.41, 5.74) is 12.2. The van der Waals surface area contributed by atoms with E-state index in [1.165, 1.54) is 0 Å². The summed E-state index contributed by atoms with van der Waals surface area (Å²) in [5.74, 6) is 0.184. The van der Waals surface area contributed by atoms with Gasteiger partial charge in [-0.25, -0.2) is 4.98 Å². The Labute approximate surface area is 88.9 Å². The highest BCUT2D eigenvalue weighted by molar-refractivity contribution is 5.24. The molecule has 84 valence electrons. The fourth-order valence-corrected chi connectivity index (χ4v) is 1.55. The topological polar surface area (TPSA) is 97.8 Å². The molecule has 1 aromatic heterocycles. The van der Waals surface area contributed by atoms with E-state index in [4.69, 9.17) is 11.5 Å². The standard InChI is InChI=1S/C10H18N4O/c1-7-8(5-3-2-4-6-11)9(15)14-10(12)13-7/h2-6,11H2,1H3,(H3,12,13,14,15). The van der Waals surface area contributed by atoms with Gasteiger partial charge in [-0.05, 0) is 32.7 Å². The normalized spacial score (nSPS) is 10.5. The summed E-state index contributed by atoms with van der Waals surface area (Å²) < 4.78 is 0. The van der Waals surface area contributed by atoms with Crippen molar-refractivity contribution in [2.75, 3.05) is 12.3 Å². The summed E-state index contributed by atoms with van der Waals surface area (Å²) in [6.45, 7) is 2.51. The van der Waals surface area contributed by atoms with Crippen molar-refractivity contribution in [3.63, 3.8) is 0 Å². The zero-order valence-electron chi connectivity index (χ0n) is 9.05. The molecule has 0 amide bonds. The second-order valence-corrected chi connectivity index (χ2v) is 3.61. The Kier molecular flexibility index (Phi) is 4.30. The van der Waals surface area contributed by atoms with E-state index in [0.717, 1.165) is 36.9 Å². The van der Waals surface area contributed by atoms with E-state index in [9.17, 15) is 4.79 Å². The summed E-state index contributed by atoms with van der Waals surface area (Å²) in [7, 11) is 0. The minimum absolute atomic E-state index is 0.118. The first-order valence-electron chi connectivity index (χ1n) is 5.20. The van der Waals surface area contributed by atoms with Crippen molar-refractivity contribution >= 4 is 5.95 Å². The van der Waals surface area contributed by atoms with Crippen LogP contribution < -0.4 is 17.0 Å². The third kappa shape index (κ3) is 3.36. The Morgan fingerprint density at radius 2 is 2.07 bits per heavy atom. The van der Waals surface area contributed by atoms with Crippen LogP contribution in [0.5, 0.6) is 0 Å². The van der Waals surface area contributed by atoms with Crippen LogP contribution in [0.3, 0.4) is 0 Å². The molecule has 0 aromatic carbocycles. The van der Waals surface area contributed by atoms with Gasteiger partial charge in [-0.15, -0.1) is 0 Å². The minimum atomic E-state index is -0.118. The van der Waals surface area contributed by atoms with Gasteiger partial charge < -0.3 is 11.5 Å². The van der Waals surface area contributed by atoms with Crippen LogP contribution in [-0.2, 0) is 6.42 Å². The van der Waals surface area contributed by atoms with Crippen molar-refractivity contribution in [1.82, 2.24) is 9.97 Å². The molecule has 1 heterocycles. The van der Waals surface area contributed by atoms with Crippen molar-refractivity contribution < 1.29 is 0 Å². The van der Waals surface area contributed by atoms with Gasteiger partial charge in [0.25, 0.3) is 5.56 Å². The lowest BCUT2D eigenvalue weighted by Gasteiger charge is -2.04. The first-order valence-corrected chi connectivity index (χ1v) is 5.20. The number of nitrogen functional groups attached to an aromatic ring is 1. The second-order valence-electron chi connectivity index (χ2n) is 3.61. The van der Waals surface area contributed by atoms with Gasteiger partial charge in [0.15, 0.2) is 0 Å². The quantitative estimate of drug-likeness (QED) is 0.610. The van der Waals surface area contributed by atoms with E-state index in [1.807, 2.05) is 6.92 Å². The summed E-state index contributed by atoms with van der Waals surface area (Å²) in [5, 5.41) is 0. The maximum absolute atomic E-state index is 11.5. The molecule has 5 N–H and O–H groups in total. The van der Waals surface area contributed by atoms with E-state index in [1.54, 1.807) is 0 Å². The molecule has 0 fully saturated rings. The lowest BCUT2D eigenvalue weighted by atomic mass is 10.1. The molecule has 0 saturated carbocycles. The molecule has 1 aromatic rings. The van der Waals surface area contributed by atoms with Crippen LogP contribution in [0, 0.1) is 6.92 Å². The van der Waals surface area contributed by atoms with Crippen molar-refractivity contribution in [2.45, 2.75) is 32.6 Å². The van der Waals surface area contributed by atoms with Crippen LogP contribution >= 0.6 is 0 Å². The Morgan fingerprint density at radius 3 is 2.67 bits per heavy atom.